The van der Waals surface area contributed by atoms with Crippen LogP contribution in [0.25, 0.3) is 0 Å². The summed E-state index contributed by atoms with van der Waals surface area (Å²) in [5.74, 6) is 0.688. The highest BCUT2D eigenvalue weighted by Crippen LogP contribution is 2.17. The molecule has 19 heavy (non-hydrogen) atoms. The summed E-state index contributed by atoms with van der Waals surface area (Å²) in [4.78, 5) is 11.9. The largest absolute Gasteiger partial charge is 0.481 e. The van der Waals surface area contributed by atoms with Crippen molar-refractivity contribution in [2.24, 2.45) is 0 Å². The van der Waals surface area contributed by atoms with Crippen molar-refractivity contribution < 1.29 is 9.53 Å². The topological polar surface area (TPSA) is 38.3 Å². The quantitative estimate of drug-likeness (QED) is 0.854. The van der Waals surface area contributed by atoms with E-state index in [-0.39, 0.29) is 11.9 Å². The van der Waals surface area contributed by atoms with Gasteiger partial charge in [0.15, 0.2) is 6.10 Å². The standard InChI is InChI=1S/C16H25NO2/c1-6-7-13(4)17-16(18)14(5)19-15-9-8-11(2)12(3)10-15/h8-10,13-14H,6-7H2,1-5H3,(H,17,18)/t13-,14+/m1/s1. The van der Waals surface area contributed by atoms with E-state index in [9.17, 15) is 4.79 Å². The van der Waals surface area contributed by atoms with E-state index in [2.05, 4.69) is 19.2 Å². The van der Waals surface area contributed by atoms with Crippen LogP contribution in [0.15, 0.2) is 18.2 Å². The van der Waals surface area contributed by atoms with Crippen LogP contribution < -0.4 is 10.1 Å². The number of hydrogen-bond donors (Lipinski definition) is 1. The maximum atomic E-state index is 11.9. The van der Waals surface area contributed by atoms with Crippen molar-refractivity contribution in [2.45, 2.75) is 59.6 Å². The van der Waals surface area contributed by atoms with E-state index in [1.807, 2.05) is 32.0 Å². The first kappa shape index (κ1) is 15.5. The summed E-state index contributed by atoms with van der Waals surface area (Å²) in [7, 11) is 0. The molecule has 1 N–H and O–H groups in total. The third kappa shape index (κ3) is 4.93. The molecule has 1 aromatic rings. The van der Waals surface area contributed by atoms with Crippen molar-refractivity contribution in [3.63, 3.8) is 0 Å². The van der Waals surface area contributed by atoms with E-state index in [4.69, 9.17) is 4.74 Å². The Balaban J connectivity index is 2.56. The molecule has 0 aliphatic rings. The molecule has 1 amide bonds. The van der Waals surface area contributed by atoms with E-state index in [0.29, 0.717) is 0 Å². The van der Waals surface area contributed by atoms with E-state index >= 15 is 0 Å². The Morgan fingerprint density at radius 2 is 1.95 bits per heavy atom. The molecule has 0 aromatic heterocycles. The lowest BCUT2D eigenvalue weighted by atomic mass is 10.1. The highest BCUT2D eigenvalue weighted by Gasteiger charge is 2.16. The Labute approximate surface area is 116 Å². The van der Waals surface area contributed by atoms with E-state index < -0.39 is 6.10 Å². The van der Waals surface area contributed by atoms with Crippen molar-refractivity contribution in [3.8, 4) is 5.75 Å². The number of ether oxygens (including phenoxy) is 1. The fraction of sp³-hybridized carbons (Fsp3) is 0.562. The van der Waals surface area contributed by atoms with Gasteiger partial charge in [0.25, 0.3) is 5.91 Å². The minimum absolute atomic E-state index is 0.0563. The zero-order valence-electron chi connectivity index (χ0n) is 12.6. The van der Waals surface area contributed by atoms with Crippen molar-refractivity contribution in [1.82, 2.24) is 5.32 Å². The number of carbonyl (C=O) groups excluding carboxylic acids is 1. The second kappa shape index (κ2) is 7.17. The van der Waals surface area contributed by atoms with Gasteiger partial charge >= 0.3 is 0 Å². The number of benzene rings is 1. The smallest absolute Gasteiger partial charge is 0.260 e. The SMILES string of the molecule is CCC[C@@H](C)NC(=O)[C@H](C)Oc1ccc(C)c(C)c1. The van der Waals surface area contributed by atoms with Gasteiger partial charge in [-0.2, -0.15) is 0 Å². The van der Waals surface area contributed by atoms with Gasteiger partial charge < -0.3 is 10.1 Å². The zero-order chi connectivity index (χ0) is 14.4. The molecule has 2 atom stereocenters. The van der Waals surface area contributed by atoms with Crippen LogP contribution in [0.5, 0.6) is 5.75 Å². The summed E-state index contributed by atoms with van der Waals surface area (Å²) in [6, 6.07) is 6.08. The van der Waals surface area contributed by atoms with Crippen LogP contribution >= 0.6 is 0 Å². The van der Waals surface area contributed by atoms with Gasteiger partial charge in [0, 0.05) is 6.04 Å². The number of rotatable bonds is 6. The lowest BCUT2D eigenvalue weighted by Gasteiger charge is -2.18. The maximum Gasteiger partial charge on any atom is 0.260 e. The van der Waals surface area contributed by atoms with E-state index in [1.54, 1.807) is 6.92 Å². The van der Waals surface area contributed by atoms with Gasteiger partial charge in [-0.15, -0.1) is 0 Å². The predicted octanol–water partition coefficient (Wildman–Crippen LogP) is 3.38. The highest BCUT2D eigenvalue weighted by atomic mass is 16.5. The van der Waals surface area contributed by atoms with E-state index in [0.717, 1.165) is 18.6 Å². The Hall–Kier alpha value is -1.51. The molecule has 0 fully saturated rings. The number of nitrogens with one attached hydrogen (secondary N) is 1. The maximum absolute atomic E-state index is 11.9. The minimum Gasteiger partial charge on any atom is -0.481 e. The molecule has 0 saturated carbocycles. The molecule has 1 aromatic carbocycles. The number of aryl methyl sites for hydroxylation is 2. The summed E-state index contributed by atoms with van der Waals surface area (Å²) in [5.41, 5.74) is 2.39. The summed E-state index contributed by atoms with van der Waals surface area (Å²) < 4.78 is 5.68. The van der Waals surface area contributed by atoms with Gasteiger partial charge in [-0.25, -0.2) is 0 Å². The van der Waals surface area contributed by atoms with Gasteiger partial charge in [0.05, 0.1) is 0 Å². The van der Waals surface area contributed by atoms with E-state index in [1.165, 1.54) is 11.1 Å². The van der Waals surface area contributed by atoms with Gasteiger partial charge in [0.1, 0.15) is 5.75 Å². The lowest BCUT2D eigenvalue weighted by Crippen LogP contribution is -2.41. The monoisotopic (exact) mass is 263 g/mol. The summed E-state index contributed by atoms with van der Waals surface area (Å²) >= 11 is 0. The first-order valence-electron chi connectivity index (χ1n) is 6.98. The van der Waals surface area contributed by atoms with Crippen LogP contribution in [-0.2, 0) is 4.79 Å². The van der Waals surface area contributed by atoms with Crippen LogP contribution in [0, 0.1) is 13.8 Å². The van der Waals surface area contributed by atoms with Gasteiger partial charge in [0.2, 0.25) is 0 Å². The summed E-state index contributed by atoms with van der Waals surface area (Å²) in [6.45, 7) is 10.0. The minimum atomic E-state index is -0.471. The molecule has 0 heterocycles. The summed E-state index contributed by atoms with van der Waals surface area (Å²) in [5, 5.41) is 2.96. The molecule has 3 heteroatoms. The number of carbonyl (C=O) groups is 1. The van der Waals surface area contributed by atoms with Crippen molar-refractivity contribution >= 4 is 5.91 Å². The Morgan fingerprint density at radius 3 is 2.53 bits per heavy atom. The fourth-order valence-corrected chi connectivity index (χ4v) is 1.91. The van der Waals surface area contributed by atoms with Crippen LogP contribution in [0.4, 0.5) is 0 Å². The van der Waals surface area contributed by atoms with Gasteiger partial charge in [-0.1, -0.05) is 19.4 Å². The average molecular weight is 263 g/mol. The first-order chi connectivity index (χ1) is 8.93. The molecule has 0 spiro atoms. The van der Waals surface area contributed by atoms with Crippen LogP contribution in [0.1, 0.15) is 44.7 Å². The molecule has 0 aliphatic heterocycles. The highest BCUT2D eigenvalue weighted by molar-refractivity contribution is 5.80. The van der Waals surface area contributed by atoms with Crippen molar-refractivity contribution in [1.29, 1.82) is 0 Å². The second-order valence-corrected chi connectivity index (χ2v) is 5.20. The number of amides is 1. The lowest BCUT2D eigenvalue weighted by molar-refractivity contribution is -0.127. The molecule has 3 nitrogen and oxygen atoms in total. The van der Waals surface area contributed by atoms with Gasteiger partial charge in [-0.05, 0) is 57.4 Å². The normalized spacial score (nSPS) is 13.7. The Morgan fingerprint density at radius 1 is 1.26 bits per heavy atom. The second-order valence-electron chi connectivity index (χ2n) is 5.20. The third-order valence-electron chi connectivity index (χ3n) is 3.27. The molecule has 0 saturated heterocycles. The summed E-state index contributed by atoms with van der Waals surface area (Å²) in [6.07, 6.45) is 1.58. The van der Waals surface area contributed by atoms with Crippen molar-refractivity contribution in [2.75, 3.05) is 0 Å². The fourth-order valence-electron chi connectivity index (χ4n) is 1.91. The van der Waals surface area contributed by atoms with Crippen LogP contribution in [-0.4, -0.2) is 18.1 Å². The molecule has 1 rings (SSSR count). The zero-order valence-corrected chi connectivity index (χ0v) is 12.6. The predicted molar refractivity (Wildman–Crippen MR) is 78.5 cm³/mol. The third-order valence-corrected chi connectivity index (χ3v) is 3.27. The Kier molecular flexibility index (Phi) is 5.87. The molecular formula is C16H25NO2. The molecule has 106 valence electrons. The molecule has 0 aliphatic carbocycles. The van der Waals surface area contributed by atoms with Crippen LogP contribution in [0.3, 0.4) is 0 Å². The van der Waals surface area contributed by atoms with Crippen molar-refractivity contribution in [3.05, 3.63) is 29.3 Å². The average Bonchev–Trinajstić information content (AvgIpc) is 2.34. The Bertz CT molecular complexity index is 429. The molecular weight excluding hydrogens is 238 g/mol. The van der Waals surface area contributed by atoms with Gasteiger partial charge in [-0.3, -0.25) is 4.79 Å². The molecule has 0 unspecified atom stereocenters. The molecule has 0 radical (unpaired) electrons. The molecule has 0 bridgehead atoms. The number of hydrogen-bond acceptors (Lipinski definition) is 2. The first-order valence-corrected chi connectivity index (χ1v) is 6.98. The van der Waals surface area contributed by atoms with Crippen LogP contribution in [0.2, 0.25) is 0 Å².